The number of hydrogen-bond donors (Lipinski definition) is 1. The molecule has 0 aliphatic rings. The van der Waals surface area contributed by atoms with E-state index in [-0.39, 0.29) is 0 Å². The lowest BCUT2D eigenvalue weighted by Gasteiger charge is -2.14. The predicted molar refractivity (Wildman–Crippen MR) is 74.6 cm³/mol. The molecule has 0 saturated carbocycles. The Morgan fingerprint density at radius 2 is 2.05 bits per heavy atom. The zero-order chi connectivity index (χ0) is 13.8. The summed E-state index contributed by atoms with van der Waals surface area (Å²) in [5.74, 6) is -0.397. The zero-order valence-electron chi connectivity index (χ0n) is 10.3. The van der Waals surface area contributed by atoms with Gasteiger partial charge in [0.2, 0.25) is 0 Å². The van der Waals surface area contributed by atoms with Crippen LogP contribution in [0.15, 0.2) is 42.5 Å². The van der Waals surface area contributed by atoms with Gasteiger partial charge in [-0.05, 0) is 31.2 Å². The van der Waals surface area contributed by atoms with E-state index in [9.17, 15) is 9.65 Å². The van der Waals surface area contributed by atoms with E-state index in [1.807, 2.05) is 6.92 Å². The highest BCUT2D eigenvalue weighted by atomic mass is 35.5. The van der Waals surface area contributed by atoms with Crippen LogP contribution in [0.4, 0.5) is 10.1 Å². The fourth-order valence-corrected chi connectivity index (χ4v) is 2.00. The summed E-state index contributed by atoms with van der Waals surface area (Å²) in [5.41, 5.74) is 1.92. The van der Waals surface area contributed by atoms with Crippen LogP contribution in [0.5, 0.6) is 0 Å². The molecule has 1 N–H and O–H groups in total. The van der Waals surface area contributed by atoms with E-state index in [4.69, 9.17) is 11.6 Å². The molecule has 0 bridgehead atoms. The largest absolute Gasteiger partial charge is 0.366 e. The van der Waals surface area contributed by atoms with E-state index in [1.54, 1.807) is 36.4 Å². The number of rotatable bonds is 3. The van der Waals surface area contributed by atoms with Crippen molar-refractivity contribution in [2.24, 2.45) is 0 Å². The minimum absolute atomic E-state index is 0.336. The number of aryl methyl sites for hydroxylation is 1. The van der Waals surface area contributed by atoms with Crippen molar-refractivity contribution in [2.45, 2.75) is 13.0 Å². The van der Waals surface area contributed by atoms with Crippen LogP contribution >= 0.6 is 11.6 Å². The van der Waals surface area contributed by atoms with E-state index in [0.717, 1.165) is 5.56 Å². The lowest BCUT2D eigenvalue weighted by molar-refractivity contribution is 0.607. The number of nitrogens with one attached hydrogen (secondary N) is 1. The number of anilines is 1. The molecule has 4 heteroatoms. The van der Waals surface area contributed by atoms with E-state index < -0.39 is 11.9 Å². The molecule has 0 radical (unpaired) electrons. The number of nitrogens with zero attached hydrogens (tertiary/aromatic N) is 1. The third-order valence-corrected chi connectivity index (χ3v) is 2.96. The molecule has 0 amide bonds. The minimum atomic E-state index is -0.752. The molecule has 1 atom stereocenters. The van der Waals surface area contributed by atoms with Gasteiger partial charge < -0.3 is 5.32 Å². The molecule has 0 fully saturated rings. The quantitative estimate of drug-likeness (QED) is 0.897. The standard InChI is InChI=1S/C15H12ClFN2/c1-10-5-6-14(17)13(7-10)15(9-18)19-12-4-2-3-11(16)8-12/h2-8,15,19H,1H3. The van der Waals surface area contributed by atoms with E-state index in [2.05, 4.69) is 11.4 Å². The van der Waals surface area contributed by atoms with Gasteiger partial charge in [0.25, 0.3) is 0 Å². The fourth-order valence-electron chi connectivity index (χ4n) is 1.81. The fraction of sp³-hybridized carbons (Fsp3) is 0.133. The van der Waals surface area contributed by atoms with Crippen LogP contribution in [-0.2, 0) is 0 Å². The van der Waals surface area contributed by atoms with E-state index in [1.165, 1.54) is 6.07 Å². The van der Waals surface area contributed by atoms with Crippen molar-refractivity contribution in [1.82, 2.24) is 0 Å². The molecule has 0 saturated heterocycles. The first-order valence-corrected chi connectivity index (χ1v) is 6.15. The number of benzene rings is 2. The smallest absolute Gasteiger partial charge is 0.143 e. The SMILES string of the molecule is Cc1ccc(F)c(C(C#N)Nc2cccc(Cl)c2)c1. The van der Waals surface area contributed by atoms with Crippen molar-refractivity contribution >= 4 is 17.3 Å². The second kappa shape index (κ2) is 5.73. The maximum absolute atomic E-state index is 13.8. The molecule has 0 aliphatic heterocycles. The van der Waals surface area contributed by atoms with Gasteiger partial charge in [0.05, 0.1) is 6.07 Å². The molecular formula is C15H12ClFN2. The van der Waals surface area contributed by atoms with Crippen LogP contribution < -0.4 is 5.32 Å². The molecule has 2 aromatic rings. The first-order chi connectivity index (χ1) is 9.10. The van der Waals surface area contributed by atoms with Crippen LogP contribution in [0.25, 0.3) is 0 Å². The Labute approximate surface area is 116 Å². The van der Waals surface area contributed by atoms with Crippen molar-refractivity contribution in [3.8, 4) is 6.07 Å². The highest BCUT2D eigenvalue weighted by molar-refractivity contribution is 6.30. The van der Waals surface area contributed by atoms with Crippen LogP contribution in [0, 0.1) is 24.1 Å². The van der Waals surface area contributed by atoms with Gasteiger partial charge in [0, 0.05) is 16.3 Å². The summed E-state index contributed by atoms with van der Waals surface area (Å²) in [6.07, 6.45) is 0. The molecule has 0 spiro atoms. The Balaban J connectivity index is 2.31. The van der Waals surface area contributed by atoms with Crippen molar-refractivity contribution in [2.75, 3.05) is 5.32 Å². The molecule has 0 heterocycles. The Kier molecular flexibility index (Phi) is 4.03. The molecule has 96 valence electrons. The van der Waals surface area contributed by atoms with Crippen LogP contribution in [-0.4, -0.2) is 0 Å². The summed E-state index contributed by atoms with van der Waals surface area (Å²) in [4.78, 5) is 0. The van der Waals surface area contributed by atoms with Crippen molar-refractivity contribution < 1.29 is 4.39 Å². The highest BCUT2D eigenvalue weighted by Crippen LogP contribution is 2.24. The van der Waals surface area contributed by atoms with Gasteiger partial charge in [0.15, 0.2) is 0 Å². The van der Waals surface area contributed by atoms with Gasteiger partial charge in [-0.25, -0.2) is 4.39 Å². The molecule has 2 rings (SSSR count). The zero-order valence-corrected chi connectivity index (χ0v) is 11.1. The number of hydrogen-bond acceptors (Lipinski definition) is 2. The summed E-state index contributed by atoms with van der Waals surface area (Å²) in [5, 5.41) is 12.7. The molecule has 0 aliphatic carbocycles. The Hall–Kier alpha value is -2.05. The van der Waals surface area contributed by atoms with Gasteiger partial charge in [-0.3, -0.25) is 0 Å². The number of nitriles is 1. The maximum atomic E-state index is 13.8. The molecule has 2 aromatic carbocycles. The van der Waals surface area contributed by atoms with E-state index in [0.29, 0.717) is 16.3 Å². The van der Waals surface area contributed by atoms with E-state index >= 15 is 0 Å². The molecule has 19 heavy (non-hydrogen) atoms. The van der Waals surface area contributed by atoms with Crippen LogP contribution in [0.1, 0.15) is 17.2 Å². The topological polar surface area (TPSA) is 35.8 Å². The van der Waals surface area contributed by atoms with Gasteiger partial charge in [-0.2, -0.15) is 5.26 Å². The molecule has 1 unspecified atom stereocenters. The third-order valence-electron chi connectivity index (χ3n) is 2.73. The van der Waals surface area contributed by atoms with Crippen molar-refractivity contribution in [3.63, 3.8) is 0 Å². The van der Waals surface area contributed by atoms with Gasteiger partial charge in [-0.1, -0.05) is 35.4 Å². The first-order valence-electron chi connectivity index (χ1n) is 5.78. The summed E-state index contributed by atoms with van der Waals surface area (Å²) < 4.78 is 13.8. The Morgan fingerprint density at radius 3 is 2.74 bits per heavy atom. The van der Waals surface area contributed by atoms with Crippen molar-refractivity contribution in [1.29, 1.82) is 5.26 Å². The highest BCUT2D eigenvalue weighted by Gasteiger charge is 2.15. The van der Waals surface area contributed by atoms with Crippen LogP contribution in [0.2, 0.25) is 5.02 Å². The van der Waals surface area contributed by atoms with Crippen molar-refractivity contribution in [3.05, 3.63) is 64.4 Å². The lowest BCUT2D eigenvalue weighted by Crippen LogP contribution is -2.10. The summed E-state index contributed by atoms with van der Waals surface area (Å²) in [6, 6.07) is 13.0. The third kappa shape index (κ3) is 3.24. The summed E-state index contributed by atoms with van der Waals surface area (Å²) in [6.45, 7) is 1.86. The minimum Gasteiger partial charge on any atom is -0.366 e. The lowest BCUT2D eigenvalue weighted by atomic mass is 10.0. The Bertz CT molecular complexity index is 634. The van der Waals surface area contributed by atoms with Gasteiger partial charge in [0.1, 0.15) is 11.9 Å². The first kappa shape index (κ1) is 13.4. The predicted octanol–water partition coefficient (Wildman–Crippen LogP) is 4.46. The maximum Gasteiger partial charge on any atom is 0.143 e. The molecular weight excluding hydrogens is 263 g/mol. The average Bonchev–Trinajstić information content (AvgIpc) is 2.39. The summed E-state index contributed by atoms with van der Waals surface area (Å²) >= 11 is 5.88. The number of halogens is 2. The summed E-state index contributed by atoms with van der Waals surface area (Å²) in [7, 11) is 0. The monoisotopic (exact) mass is 274 g/mol. The van der Waals surface area contributed by atoms with Gasteiger partial charge >= 0.3 is 0 Å². The Morgan fingerprint density at radius 1 is 1.26 bits per heavy atom. The molecule has 2 nitrogen and oxygen atoms in total. The normalized spacial score (nSPS) is 11.7. The van der Waals surface area contributed by atoms with Crippen LogP contribution in [0.3, 0.4) is 0 Å². The average molecular weight is 275 g/mol. The molecule has 0 aromatic heterocycles. The van der Waals surface area contributed by atoms with Gasteiger partial charge in [-0.15, -0.1) is 0 Å². The second-order valence-corrected chi connectivity index (χ2v) is 4.68. The second-order valence-electron chi connectivity index (χ2n) is 4.24.